The fourth-order valence-electron chi connectivity index (χ4n) is 3.67. The minimum absolute atomic E-state index is 0.805. The maximum absolute atomic E-state index is 2.43. The summed E-state index contributed by atoms with van der Waals surface area (Å²) in [6, 6.07) is 13.8. The molecule has 0 unspecified atom stereocenters. The lowest BCUT2D eigenvalue weighted by Crippen LogP contribution is -1.97. The van der Waals surface area contributed by atoms with E-state index in [1.165, 1.54) is 53.5 Å². The van der Waals surface area contributed by atoms with E-state index < -0.39 is 0 Å². The van der Waals surface area contributed by atoms with Crippen LogP contribution in [-0.2, 0) is 0 Å². The van der Waals surface area contributed by atoms with Crippen molar-refractivity contribution in [1.29, 1.82) is 0 Å². The first-order chi connectivity index (χ1) is 9.65. The molecule has 0 aromatic heterocycles. The van der Waals surface area contributed by atoms with Crippen LogP contribution in [0.4, 0.5) is 0 Å². The van der Waals surface area contributed by atoms with Crippen LogP contribution in [0.15, 0.2) is 36.4 Å². The van der Waals surface area contributed by atoms with Crippen LogP contribution in [0.2, 0.25) is 0 Å². The third-order valence-corrected chi connectivity index (χ3v) is 4.72. The summed E-state index contributed by atoms with van der Waals surface area (Å²) in [5.41, 5.74) is 8.52. The zero-order chi connectivity index (χ0) is 14.1. The Hall–Kier alpha value is -1.56. The molecule has 1 aliphatic rings. The van der Waals surface area contributed by atoms with Gasteiger partial charge in [-0.25, -0.2) is 0 Å². The Labute approximate surface area is 122 Å². The summed E-state index contributed by atoms with van der Waals surface area (Å²) in [4.78, 5) is 0. The smallest absolute Gasteiger partial charge is 0.0125 e. The van der Waals surface area contributed by atoms with Gasteiger partial charge in [-0.15, -0.1) is 0 Å². The van der Waals surface area contributed by atoms with Gasteiger partial charge in [0.15, 0.2) is 0 Å². The van der Waals surface area contributed by atoms with Crippen molar-refractivity contribution < 1.29 is 0 Å². The number of aryl methyl sites for hydroxylation is 3. The van der Waals surface area contributed by atoms with Gasteiger partial charge >= 0.3 is 0 Å². The molecule has 0 spiro atoms. The Balaban J connectivity index is 2.02. The minimum Gasteiger partial charge on any atom is -0.0587 e. The number of hydrogen-bond donors (Lipinski definition) is 0. The van der Waals surface area contributed by atoms with Gasteiger partial charge in [0.1, 0.15) is 0 Å². The van der Waals surface area contributed by atoms with E-state index in [1.807, 2.05) is 0 Å². The molecule has 0 amide bonds. The molecule has 2 aromatic carbocycles. The van der Waals surface area contributed by atoms with Gasteiger partial charge in [-0.1, -0.05) is 54.8 Å². The van der Waals surface area contributed by atoms with E-state index in [2.05, 4.69) is 57.2 Å². The molecule has 0 nitrogen and oxygen atoms in total. The molecule has 2 aromatic rings. The third kappa shape index (κ3) is 2.52. The van der Waals surface area contributed by atoms with Gasteiger partial charge in [0.2, 0.25) is 0 Å². The summed E-state index contributed by atoms with van der Waals surface area (Å²) in [5.74, 6) is 0.805. The van der Waals surface area contributed by atoms with Gasteiger partial charge in [-0.2, -0.15) is 0 Å². The highest BCUT2D eigenvalue weighted by Gasteiger charge is 2.18. The first-order valence-electron chi connectivity index (χ1n) is 7.83. The highest BCUT2D eigenvalue weighted by molar-refractivity contribution is 5.71. The van der Waals surface area contributed by atoms with Crippen LogP contribution in [-0.4, -0.2) is 0 Å². The number of hydrogen-bond acceptors (Lipinski definition) is 0. The fourth-order valence-corrected chi connectivity index (χ4v) is 3.67. The Kier molecular flexibility index (Phi) is 3.65. The van der Waals surface area contributed by atoms with Crippen LogP contribution in [0.1, 0.15) is 53.9 Å². The largest absolute Gasteiger partial charge is 0.0587 e. The first-order valence-corrected chi connectivity index (χ1v) is 7.83. The molecule has 20 heavy (non-hydrogen) atoms. The Morgan fingerprint density at radius 2 is 1.35 bits per heavy atom. The molecule has 0 aliphatic heterocycles. The van der Waals surface area contributed by atoms with Crippen molar-refractivity contribution in [2.75, 3.05) is 0 Å². The summed E-state index contributed by atoms with van der Waals surface area (Å²) < 4.78 is 0. The Morgan fingerprint density at radius 1 is 0.800 bits per heavy atom. The van der Waals surface area contributed by atoms with E-state index in [0.717, 1.165) is 5.92 Å². The van der Waals surface area contributed by atoms with Crippen LogP contribution in [0.25, 0.3) is 11.1 Å². The lowest BCUT2D eigenvalue weighted by atomic mass is 9.88. The maximum atomic E-state index is 2.43. The molecule has 0 heterocycles. The fraction of sp³-hybridized carbons (Fsp3) is 0.400. The van der Waals surface area contributed by atoms with E-state index in [4.69, 9.17) is 0 Å². The van der Waals surface area contributed by atoms with Crippen LogP contribution in [0.5, 0.6) is 0 Å². The molecule has 0 bridgehead atoms. The zero-order valence-corrected chi connectivity index (χ0v) is 12.9. The topological polar surface area (TPSA) is 0 Å². The van der Waals surface area contributed by atoms with Crippen LogP contribution in [0, 0.1) is 20.8 Å². The second-order valence-corrected chi connectivity index (χ2v) is 6.38. The predicted octanol–water partition coefficient (Wildman–Crippen LogP) is 5.94. The van der Waals surface area contributed by atoms with Crippen LogP contribution < -0.4 is 0 Å². The maximum Gasteiger partial charge on any atom is -0.0125 e. The van der Waals surface area contributed by atoms with E-state index >= 15 is 0 Å². The van der Waals surface area contributed by atoms with Crippen molar-refractivity contribution in [3.8, 4) is 11.1 Å². The monoisotopic (exact) mass is 264 g/mol. The molecule has 0 saturated heterocycles. The van der Waals surface area contributed by atoms with Gasteiger partial charge in [0.25, 0.3) is 0 Å². The van der Waals surface area contributed by atoms with Crippen molar-refractivity contribution in [2.24, 2.45) is 0 Å². The van der Waals surface area contributed by atoms with Crippen molar-refractivity contribution in [1.82, 2.24) is 0 Å². The highest BCUT2D eigenvalue weighted by atomic mass is 14.2. The van der Waals surface area contributed by atoms with E-state index in [0.29, 0.717) is 0 Å². The summed E-state index contributed by atoms with van der Waals surface area (Å²) in [7, 11) is 0. The normalized spacial score (nSPS) is 15.8. The van der Waals surface area contributed by atoms with Crippen molar-refractivity contribution >= 4 is 0 Å². The van der Waals surface area contributed by atoms with Crippen molar-refractivity contribution in [3.63, 3.8) is 0 Å². The molecule has 0 atom stereocenters. The summed E-state index contributed by atoms with van der Waals surface area (Å²) in [6.45, 7) is 6.67. The van der Waals surface area contributed by atoms with Crippen molar-refractivity contribution in [2.45, 2.75) is 52.4 Å². The van der Waals surface area contributed by atoms with E-state index in [1.54, 1.807) is 5.56 Å². The Bertz CT molecular complexity index is 575. The minimum atomic E-state index is 0.805. The molecule has 3 rings (SSSR count). The second-order valence-electron chi connectivity index (χ2n) is 6.38. The third-order valence-electron chi connectivity index (χ3n) is 4.72. The molecular formula is C20H24. The molecule has 1 saturated carbocycles. The van der Waals surface area contributed by atoms with Crippen LogP contribution in [0.3, 0.4) is 0 Å². The van der Waals surface area contributed by atoms with Gasteiger partial charge in [-0.05, 0) is 67.3 Å². The molecular weight excluding hydrogens is 240 g/mol. The zero-order valence-electron chi connectivity index (χ0n) is 12.9. The van der Waals surface area contributed by atoms with Gasteiger partial charge in [0, 0.05) is 0 Å². The molecule has 0 radical (unpaired) electrons. The summed E-state index contributed by atoms with van der Waals surface area (Å²) >= 11 is 0. The second kappa shape index (κ2) is 5.44. The molecule has 0 heteroatoms. The van der Waals surface area contributed by atoms with Gasteiger partial charge < -0.3 is 0 Å². The van der Waals surface area contributed by atoms with Crippen LogP contribution >= 0.6 is 0 Å². The van der Waals surface area contributed by atoms with Gasteiger partial charge in [-0.3, -0.25) is 0 Å². The first kappa shape index (κ1) is 13.4. The molecule has 1 fully saturated rings. The van der Waals surface area contributed by atoms with E-state index in [-0.39, 0.29) is 0 Å². The Morgan fingerprint density at radius 3 is 1.90 bits per heavy atom. The standard InChI is InChI=1S/C20H24/c1-14-8-10-18(11-9-14)20-15(2)12-19(13-16(20)3)17-6-4-5-7-17/h8-13,17H,4-7H2,1-3H3. The lowest BCUT2D eigenvalue weighted by Gasteiger charge is -2.16. The number of rotatable bonds is 2. The quantitative estimate of drug-likeness (QED) is 0.630. The lowest BCUT2D eigenvalue weighted by molar-refractivity contribution is 0.722. The molecule has 1 aliphatic carbocycles. The highest BCUT2D eigenvalue weighted by Crippen LogP contribution is 2.37. The summed E-state index contributed by atoms with van der Waals surface area (Å²) in [6.07, 6.45) is 5.57. The number of benzene rings is 2. The van der Waals surface area contributed by atoms with Crippen molar-refractivity contribution in [3.05, 3.63) is 58.7 Å². The van der Waals surface area contributed by atoms with Gasteiger partial charge in [0.05, 0.1) is 0 Å². The average Bonchev–Trinajstić information content (AvgIpc) is 2.94. The molecule has 104 valence electrons. The average molecular weight is 264 g/mol. The SMILES string of the molecule is Cc1ccc(-c2c(C)cc(C3CCCC3)cc2C)cc1. The summed E-state index contributed by atoms with van der Waals surface area (Å²) in [5, 5.41) is 0. The predicted molar refractivity (Wildman–Crippen MR) is 87.3 cm³/mol. The van der Waals surface area contributed by atoms with E-state index in [9.17, 15) is 0 Å². The molecule has 0 N–H and O–H groups in total.